The number of hydrogen-bond acceptors (Lipinski definition) is 3. The molecule has 0 aliphatic carbocycles. The second-order valence-electron chi connectivity index (χ2n) is 9.38. The van der Waals surface area contributed by atoms with E-state index in [9.17, 15) is 4.79 Å². The van der Waals surface area contributed by atoms with Gasteiger partial charge in [-0.1, -0.05) is 55.8 Å². The van der Waals surface area contributed by atoms with Crippen molar-refractivity contribution in [1.82, 2.24) is 14.7 Å². The first-order chi connectivity index (χ1) is 15.5. The van der Waals surface area contributed by atoms with E-state index in [-0.39, 0.29) is 12.1 Å². The zero-order valence-electron chi connectivity index (χ0n) is 20.3. The van der Waals surface area contributed by atoms with E-state index in [1.165, 1.54) is 24.0 Å². The maximum Gasteiger partial charge on any atom is 0.322 e. The molecule has 5 nitrogen and oxygen atoms in total. The zero-order chi connectivity index (χ0) is 22.9. The summed E-state index contributed by atoms with van der Waals surface area (Å²) in [7, 11) is 4.12. The molecule has 1 aliphatic heterocycles. The van der Waals surface area contributed by atoms with E-state index in [1.54, 1.807) is 0 Å². The summed E-state index contributed by atoms with van der Waals surface area (Å²) in [5, 5.41) is 3.15. The average molecular weight is 437 g/mol. The highest BCUT2D eigenvalue weighted by Gasteiger charge is 2.29. The van der Waals surface area contributed by atoms with Gasteiger partial charge in [-0.15, -0.1) is 0 Å². The fourth-order valence-corrected chi connectivity index (χ4v) is 4.64. The SMILES string of the molecule is CCCC(C)N1CCC(N(Cc2ccccc2)C(=O)Nc2ccc(CN(C)C)cc2)CC1. The number of urea groups is 1. The normalized spacial score (nSPS) is 16.2. The lowest BCUT2D eigenvalue weighted by molar-refractivity contribution is 0.0989. The average Bonchev–Trinajstić information content (AvgIpc) is 2.79. The first-order valence-corrected chi connectivity index (χ1v) is 12.1. The summed E-state index contributed by atoms with van der Waals surface area (Å²) in [6, 6.07) is 19.4. The highest BCUT2D eigenvalue weighted by Crippen LogP contribution is 2.23. The van der Waals surface area contributed by atoms with Gasteiger partial charge < -0.3 is 20.0 Å². The van der Waals surface area contributed by atoms with Crippen LogP contribution >= 0.6 is 0 Å². The van der Waals surface area contributed by atoms with Crippen LogP contribution in [0.25, 0.3) is 0 Å². The van der Waals surface area contributed by atoms with Gasteiger partial charge in [-0.3, -0.25) is 0 Å². The lowest BCUT2D eigenvalue weighted by Gasteiger charge is -2.40. The molecule has 3 rings (SSSR count). The summed E-state index contributed by atoms with van der Waals surface area (Å²) in [6.07, 6.45) is 4.51. The molecule has 1 atom stereocenters. The van der Waals surface area contributed by atoms with Crippen molar-refractivity contribution in [3.63, 3.8) is 0 Å². The van der Waals surface area contributed by atoms with Crippen LogP contribution in [-0.2, 0) is 13.1 Å². The summed E-state index contributed by atoms with van der Waals surface area (Å²) in [6.45, 7) is 8.23. The van der Waals surface area contributed by atoms with Gasteiger partial charge in [0.1, 0.15) is 0 Å². The Balaban J connectivity index is 1.68. The Morgan fingerprint density at radius 3 is 2.22 bits per heavy atom. The molecule has 1 saturated heterocycles. The highest BCUT2D eigenvalue weighted by atomic mass is 16.2. The Morgan fingerprint density at radius 1 is 1.00 bits per heavy atom. The molecule has 32 heavy (non-hydrogen) atoms. The Kier molecular flexibility index (Phi) is 9.12. The second kappa shape index (κ2) is 12.0. The van der Waals surface area contributed by atoms with Crippen molar-refractivity contribution in [3.05, 3.63) is 65.7 Å². The Labute approximate surface area is 194 Å². The zero-order valence-corrected chi connectivity index (χ0v) is 20.3. The van der Waals surface area contributed by atoms with Crippen LogP contribution in [0, 0.1) is 0 Å². The minimum Gasteiger partial charge on any atom is -0.317 e. The quantitative estimate of drug-likeness (QED) is 0.569. The van der Waals surface area contributed by atoms with Crippen LogP contribution in [0.1, 0.15) is 50.7 Å². The number of rotatable bonds is 9. The van der Waals surface area contributed by atoms with E-state index >= 15 is 0 Å². The van der Waals surface area contributed by atoms with E-state index < -0.39 is 0 Å². The molecular formula is C27H40N4O. The molecule has 5 heteroatoms. The largest absolute Gasteiger partial charge is 0.322 e. The molecule has 1 aliphatic rings. The second-order valence-corrected chi connectivity index (χ2v) is 9.38. The molecule has 1 unspecified atom stereocenters. The number of nitrogens with one attached hydrogen (secondary N) is 1. The van der Waals surface area contributed by atoms with Gasteiger partial charge in [-0.25, -0.2) is 4.79 Å². The van der Waals surface area contributed by atoms with Crippen LogP contribution in [0.5, 0.6) is 0 Å². The number of hydrogen-bond donors (Lipinski definition) is 1. The molecule has 0 saturated carbocycles. The van der Waals surface area contributed by atoms with Crippen LogP contribution in [0.15, 0.2) is 54.6 Å². The maximum absolute atomic E-state index is 13.4. The van der Waals surface area contributed by atoms with Crippen LogP contribution in [0.2, 0.25) is 0 Å². The number of amides is 2. The summed E-state index contributed by atoms with van der Waals surface area (Å²) >= 11 is 0. The molecule has 174 valence electrons. The Morgan fingerprint density at radius 2 is 1.62 bits per heavy atom. The van der Waals surface area contributed by atoms with E-state index in [0.717, 1.165) is 38.2 Å². The molecule has 0 spiro atoms. The van der Waals surface area contributed by atoms with Crippen molar-refractivity contribution in [2.45, 2.75) is 64.7 Å². The van der Waals surface area contributed by atoms with Crippen LogP contribution < -0.4 is 5.32 Å². The molecule has 2 aromatic rings. The fraction of sp³-hybridized carbons (Fsp3) is 0.519. The van der Waals surface area contributed by atoms with Gasteiger partial charge in [-0.05, 0) is 63.5 Å². The molecule has 0 aromatic heterocycles. The monoisotopic (exact) mass is 436 g/mol. The van der Waals surface area contributed by atoms with E-state index in [2.05, 4.69) is 67.3 Å². The number of benzene rings is 2. The third-order valence-corrected chi connectivity index (χ3v) is 6.43. The van der Waals surface area contributed by atoms with Gasteiger partial charge in [0.05, 0.1) is 0 Å². The molecular weight excluding hydrogens is 396 g/mol. The lowest BCUT2D eigenvalue weighted by Crippen LogP contribution is -2.50. The van der Waals surface area contributed by atoms with E-state index in [0.29, 0.717) is 12.6 Å². The van der Waals surface area contributed by atoms with Crippen molar-refractivity contribution < 1.29 is 4.79 Å². The van der Waals surface area contributed by atoms with Crippen LogP contribution in [-0.4, -0.2) is 60.0 Å². The fourth-order valence-electron chi connectivity index (χ4n) is 4.64. The first-order valence-electron chi connectivity index (χ1n) is 12.1. The third-order valence-electron chi connectivity index (χ3n) is 6.43. The van der Waals surface area contributed by atoms with Gasteiger partial charge in [0.25, 0.3) is 0 Å². The molecule has 0 radical (unpaired) electrons. The summed E-state index contributed by atoms with van der Waals surface area (Å²) in [5.41, 5.74) is 3.26. The molecule has 2 amide bonds. The maximum atomic E-state index is 13.4. The third kappa shape index (κ3) is 7.07. The Bertz CT molecular complexity index is 813. The van der Waals surface area contributed by atoms with Crippen molar-refractivity contribution >= 4 is 11.7 Å². The number of likely N-dealkylation sites (tertiary alicyclic amines) is 1. The van der Waals surface area contributed by atoms with Crippen molar-refractivity contribution in [2.75, 3.05) is 32.5 Å². The standard InChI is InChI=1S/C27H40N4O/c1-5-9-22(2)30-18-16-26(17-19-30)31(21-23-10-7-6-8-11-23)27(32)28-25-14-12-24(13-15-25)20-29(3)4/h6-8,10-15,22,26H,5,9,16-21H2,1-4H3,(H,28,32). The topological polar surface area (TPSA) is 38.8 Å². The number of piperidine rings is 1. The molecule has 2 aromatic carbocycles. The number of nitrogens with zero attached hydrogens (tertiary/aromatic N) is 3. The van der Waals surface area contributed by atoms with Gasteiger partial charge in [0.15, 0.2) is 0 Å². The van der Waals surface area contributed by atoms with Crippen molar-refractivity contribution in [3.8, 4) is 0 Å². The summed E-state index contributed by atoms with van der Waals surface area (Å²) in [5.74, 6) is 0. The minimum atomic E-state index is -0.00531. The summed E-state index contributed by atoms with van der Waals surface area (Å²) < 4.78 is 0. The van der Waals surface area contributed by atoms with Gasteiger partial charge in [0, 0.05) is 44.0 Å². The van der Waals surface area contributed by atoms with Gasteiger partial charge >= 0.3 is 6.03 Å². The van der Waals surface area contributed by atoms with Crippen LogP contribution in [0.3, 0.4) is 0 Å². The van der Waals surface area contributed by atoms with E-state index in [1.807, 2.05) is 35.2 Å². The number of anilines is 1. The first kappa shape index (κ1) is 24.3. The number of carbonyl (C=O) groups is 1. The predicted molar refractivity (Wildman–Crippen MR) is 134 cm³/mol. The molecule has 1 heterocycles. The van der Waals surface area contributed by atoms with Gasteiger partial charge in [-0.2, -0.15) is 0 Å². The minimum absolute atomic E-state index is 0.00531. The van der Waals surface area contributed by atoms with Crippen molar-refractivity contribution in [2.24, 2.45) is 0 Å². The summed E-state index contributed by atoms with van der Waals surface area (Å²) in [4.78, 5) is 20.2. The predicted octanol–water partition coefficient (Wildman–Crippen LogP) is 5.44. The highest BCUT2D eigenvalue weighted by molar-refractivity contribution is 5.89. The van der Waals surface area contributed by atoms with Gasteiger partial charge in [0.2, 0.25) is 0 Å². The molecule has 0 bridgehead atoms. The molecule has 1 fully saturated rings. The molecule has 1 N–H and O–H groups in total. The Hall–Kier alpha value is -2.37. The van der Waals surface area contributed by atoms with Crippen LogP contribution in [0.4, 0.5) is 10.5 Å². The lowest BCUT2D eigenvalue weighted by atomic mass is 10.00. The van der Waals surface area contributed by atoms with E-state index in [4.69, 9.17) is 0 Å². The van der Waals surface area contributed by atoms with Crippen molar-refractivity contribution in [1.29, 1.82) is 0 Å². The smallest absolute Gasteiger partial charge is 0.317 e. The number of carbonyl (C=O) groups excluding carboxylic acids is 1.